The maximum atomic E-state index is 10.5. The summed E-state index contributed by atoms with van der Waals surface area (Å²) in [5, 5.41) is 14.0. The molecule has 1 aromatic rings. The van der Waals surface area contributed by atoms with Gasteiger partial charge in [-0.15, -0.1) is 0 Å². The average Bonchev–Trinajstić information content (AvgIpc) is 2.87. The molecule has 1 aliphatic rings. The monoisotopic (exact) mass is 263 g/mol. The Bertz CT molecular complexity index is 419. The normalized spacial score (nSPS) is 19.7. The molecule has 19 heavy (non-hydrogen) atoms. The van der Waals surface area contributed by atoms with Gasteiger partial charge in [0.1, 0.15) is 0 Å². The first-order valence-electron chi connectivity index (χ1n) is 6.85. The van der Waals surface area contributed by atoms with Gasteiger partial charge in [0.25, 0.3) is 5.69 Å². The van der Waals surface area contributed by atoms with Crippen LogP contribution in [0, 0.1) is 16.0 Å². The molecule has 5 nitrogen and oxygen atoms in total. The highest BCUT2D eigenvalue weighted by atomic mass is 16.6. The summed E-state index contributed by atoms with van der Waals surface area (Å²) in [4.78, 5) is 12.6. The van der Waals surface area contributed by atoms with Crippen LogP contribution in [0.25, 0.3) is 0 Å². The van der Waals surface area contributed by atoms with Crippen LogP contribution in [-0.2, 0) is 6.54 Å². The molecule has 0 saturated carbocycles. The lowest BCUT2D eigenvalue weighted by molar-refractivity contribution is -0.384. The first kappa shape index (κ1) is 14.0. The number of non-ortho nitro benzene ring substituents is 1. The quantitative estimate of drug-likeness (QED) is 0.630. The van der Waals surface area contributed by atoms with Crippen LogP contribution in [0.4, 0.5) is 5.69 Å². The number of benzene rings is 1. The van der Waals surface area contributed by atoms with Crippen LogP contribution in [0.5, 0.6) is 0 Å². The van der Waals surface area contributed by atoms with Crippen molar-refractivity contribution in [2.75, 3.05) is 26.2 Å². The van der Waals surface area contributed by atoms with E-state index in [1.807, 2.05) is 12.1 Å². The predicted molar refractivity (Wildman–Crippen MR) is 75.0 cm³/mol. The molecule has 0 amide bonds. The van der Waals surface area contributed by atoms with Crippen molar-refractivity contribution in [2.24, 2.45) is 5.92 Å². The first-order valence-corrected chi connectivity index (χ1v) is 6.85. The van der Waals surface area contributed by atoms with E-state index in [2.05, 4.69) is 17.1 Å². The number of nitro groups is 1. The molecule has 1 atom stereocenters. The molecule has 1 unspecified atom stereocenters. The summed E-state index contributed by atoms with van der Waals surface area (Å²) in [5.41, 5.74) is 1.24. The SMILES string of the molecule is CCN1CCC(CNCc2ccc([N+](=O)[O-])cc2)C1. The van der Waals surface area contributed by atoms with Gasteiger partial charge in [0.2, 0.25) is 0 Å². The smallest absolute Gasteiger partial charge is 0.269 e. The van der Waals surface area contributed by atoms with Crippen LogP contribution in [0.15, 0.2) is 24.3 Å². The molecule has 1 aliphatic heterocycles. The standard InChI is InChI=1S/C14H21N3O2/c1-2-16-8-7-13(11-16)10-15-9-12-3-5-14(6-4-12)17(18)19/h3-6,13,15H,2,7-11H2,1H3. The second-order valence-corrected chi connectivity index (χ2v) is 5.10. The zero-order valence-corrected chi connectivity index (χ0v) is 11.3. The van der Waals surface area contributed by atoms with Crippen LogP contribution in [-0.4, -0.2) is 36.0 Å². The summed E-state index contributed by atoms with van der Waals surface area (Å²) in [5.74, 6) is 0.734. The van der Waals surface area contributed by atoms with E-state index in [9.17, 15) is 10.1 Å². The Balaban J connectivity index is 1.72. The number of hydrogen-bond acceptors (Lipinski definition) is 4. The van der Waals surface area contributed by atoms with E-state index < -0.39 is 0 Å². The van der Waals surface area contributed by atoms with Crippen LogP contribution < -0.4 is 5.32 Å². The van der Waals surface area contributed by atoms with Gasteiger partial charge < -0.3 is 10.2 Å². The van der Waals surface area contributed by atoms with Gasteiger partial charge in [-0.25, -0.2) is 0 Å². The van der Waals surface area contributed by atoms with E-state index in [1.54, 1.807) is 12.1 Å². The second kappa shape index (κ2) is 6.63. The van der Waals surface area contributed by atoms with E-state index in [-0.39, 0.29) is 10.6 Å². The summed E-state index contributed by atoms with van der Waals surface area (Å²) < 4.78 is 0. The summed E-state index contributed by atoms with van der Waals surface area (Å²) >= 11 is 0. The Labute approximate surface area is 113 Å². The Morgan fingerprint density at radius 1 is 1.42 bits per heavy atom. The Morgan fingerprint density at radius 2 is 2.16 bits per heavy atom. The molecule has 1 aromatic carbocycles. The van der Waals surface area contributed by atoms with Crippen LogP contribution in [0.3, 0.4) is 0 Å². The minimum Gasteiger partial charge on any atom is -0.312 e. The molecule has 1 heterocycles. The fourth-order valence-corrected chi connectivity index (χ4v) is 2.52. The summed E-state index contributed by atoms with van der Waals surface area (Å²) in [6, 6.07) is 6.76. The molecular formula is C14H21N3O2. The van der Waals surface area contributed by atoms with Gasteiger partial charge in [0, 0.05) is 25.2 Å². The zero-order valence-electron chi connectivity index (χ0n) is 11.3. The van der Waals surface area contributed by atoms with Crippen molar-refractivity contribution in [3.05, 3.63) is 39.9 Å². The second-order valence-electron chi connectivity index (χ2n) is 5.10. The maximum absolute atomic E-state index is 10.5. The lowest BCUT2D eigenvalue weighted by Crippen LogP contribution is -2.26. The number of rotatable bonds is 6. The van der Waals surface area contributed by atoms with Crippen molar-refractivity contribution in [1.29, 1.82) is 0 Å². The van der Waals surface area contributed by atoms with Crippen molar-refractivity contribution >= 4 is 5.69 Å². The van der Waals surface area contributed by atoms with Crippen molar-refractivity contribution < 1.29 is 4.92 Å². The highest BCUT2D eigenvalue weighted by Crippen LogP contribution is 2.15. The molecule has 1 saturated heterocycles. The Kier molecular flexibility index (Phi) is 4.87. The van der Waals surface area contributed by atoms with Gasteiger partial charge in [-0.2, -0.15) is 0 Å². The molecule has 1 N–H and O–H groups in total. The summed E-state index contributed by atoms with van der Waals surface area (Å²) in [6.45, 7) is 7.53. The highest BCUT2D eigenvalue weighted by Gasteiger charge is 2.20. The van der Waals surface area contributed by atoms with Crippen molar-refractivity contribution in [2.45, 2.75) is 19.9 Å². The molecule has 1 fully saturated rings. The molecule has 0 aliphatic carbocycles. The minimum atomic E-state index is -0.366. The molecule has 5 heteroatoms. The number of nitrogens with one attached hydrogen (secondary N) is 1. The summed E-state index contributed by atoms with van der Waals surface area (Å²) in [6.07, 6.45) is 1.26. The van der Waals surface area contributed by atoms with Gasteiger partial charge >= 0.3 is 0 Å². The Morgan fingerprint density at radius 3 is 2.74 bits per heavy atom. The van der Waals surface area contributed by atoms with Gasteiger partial charge in [0.15, 0.2) is 0 Å². The number of nitrogens with zero attached hydrogens (tertiary/aromatic N) is 2. The first-order chi connectivity index (χ1) is 9.19. The lowest BCUT2D eigenvalue weighted by Gasteiger charge is -2.13. The summed E-state index contributed by atoms with van der Waals surface area (Å²) in [7, 11) is 0. The fourth-order valence-electron chi connectivity index (χ4n) is 2.52. The Hall–Kier alpha value is -1.46. The van der Waals surface area contributed by atoms with Gasteiger partial charge in [-0.05, 0) is 37.5 Å². The van der Waals surface area contributed by atoms with Crippen molar-refractivity contribution in [3.63, 3.8) is 0 Å². The van der Waals surface area contributed by atoms with E-state index in [0.29, 0.717) is 0 Å². The number of nitro benzene ring substituents is 1. The van der Waals surface area contributed by atoms with Gasteiger partial charge in [-0.3, -0.25) is 10.1 Å². The lowest BCUT2D eigenvalue weighted by atomic mass is 10.1. The largest absolute Gasteiger partial charge is 0.312 e. The third kappa shape index (κ3) is 4.01. The van der Waals surface area contributed by atoms with Crippen molar-refractivity contribution in [3.8, 4) is 0 Å². The third-order valence-corrected chi connectivity index (χ3v) is 3.73. The predicted octanol–water partition coefficient (Wildman–Crippen LogP) is 2.03. The van der Waals surface area contributed by atoms with E-state index in [4.69, 9.17) is 0 Å². The molecule has 0 radical (unpaired) electrons. The molecular weight excluding hydrogens is 242 g/mol. The van der Waals surface area contributed by atoms with Crippen LogP contribution in [0.1, 0.15) is 18.9 Å². The van der Waals surface area contributed by atoms with E-state index in [0.717, 1.165) is 31.1 Å². The fraction of sp³-hybridized carbons (Fsp3) is 0.571. The molecule has 0 bridgehead atoms. The molecule has 104 valence electrons. The maximum Gasteiger partial charge on any atom is 0.269 e. The van der Waals surface area contributed by atoms with Crippen LogP contribution >= 0.6 is 0 Å². The topological polar surface area (TPSA) is 58.4 Å². The van der Waals surface area contributed by atoms with Gasteiger partial charge in [-0.1, -0.05) is 19.1 Å². The van der Waals surface area contributed by atoms with E-state index in [1.165, 1.54) is 19.5 Å². The highest BCUT2D eigenvalue weighted by molar-refractivity contribution is 5.32. The molecule has 0 aromatic heterocycles. The number of likely N-dealkylation sites (tertiary alicyclic amines) is 1. The molecule has 0 spiro atoms. The zero-order chi connectivity index (χ0) is 13.7. The minimum absolute atomic E-state index is 0.151. The van der Waals surface area contributed by atoms with Crippen molar-refractivity contribution in [1.82, 2.24) is 10.2 Å². The van der Waals surface area contributed by atoms with Gasteiger partial charge in [0.05, 0.1) is 4.92 Å². The van der Waals surface area contributed by atoms with E-state index >= 15 is 0 Å². The van der Waals surface area contributed by atoms with Crippen LogP contribution in [0.2, 0.25) is 0 Å². The molecule has 2 rings (SSSR count). The number of hydrogen-bond donors (Lipinski definition) is 1. The third-order valence-electron chi connectivity index (χ3n) is 3.73. The average molecular weight is 263 g/mol.